The first-order valence-corrected chi connectivity index (χ1v) is 21.1. The molecule has 0 aliphatic rings. The standard InChI is InChI=1S/C43H83NO3/c1-3-5-7-9-11-13-15-17-19-21-22-23-25-27-29-31-33-35-37-39-43(47)44-41(40-45)42(46)38-36-34-32-30-28-26-24-20-18-16-14-12-10-8-6-4-2/h28,30,36,38,41-42,45-46H,3-27,29,31-35,37,39-40H2,1-2H3,(H,44,47)/b30-28+,38-36+. The molecule has 0 aromatic heterocycles. The fourth-order valence-electron chi connectivity index (χ4n) is 6.43. The minimum Gasteiger partial charge on any atom is -0.394 e. The summed E-state index contributed by atoms with van der Waals surface area (Å²) in [6, 6.07) is -0.633. The predicted octanol–water partition coefficient (Wildman–Crippen LogP) is 12.8. The van der Waals surface area contributed by atoms with Crippen molar-refractivity contribution in [2.45, 2.75) is 238 Å². The number of hydrogen-bond donors (Lipinski definition) is 3. The Labute approximate surface area is 294 Å². The van der Waals surface area contributed by atoms with E-state index in [4.69, 9.17) is 0 Å². The van der Waals surface area contributed by atoms with Gasteiger partial charge in [0.05, 0.1) is 18.8 Å². The van der Waals surface area contributed by atoms with Crippen molar-refractivity contribution in [3.63, 3.8) is 0 Å². The number of aliphatic hydroxyl groups excluding tert-OH is 2. The van der Waals surface area contributed by atoms with Gasteiger partial charge in [0.25, 0.3) is 0 Å². The first-order valence-electron chi connectivity index (χ1n) is 21.1. The third-order valence-corrected chi connectivity index (χ3v) is 9.69. The van der Waals surface area contributed by atoms with Crippen molar-refractivity contribution in [3.05, 3.63) is 24.3 Å². The highest BCUT2D eigenvalue weighted by Crippen LogP contribution is 2.15. The molecule has 3 N–H and O–H groups in total. The molecule has 0 aromatic rings. The van der Waals surface area contributed by atoms with Crippen LogP contribution in [0.5, 0.6) is 0 Å². The number of allylic oxidation sites excluding steroid dienone is 3. The predicted molar refractivity (Wildman–Crippen MR) is 207 cm³/mol. The molecule has 0 aliphatic carbocycles. The SMILES string of the molecule is CCCCCCCCCCCC/C=C/CC/C=C/C(O)C(CO)NC(=O)CCCCCCCCCCCCCCCCCCCCC. The van der Waals surface area contributed by atoms with E-state index in [9.17, 15) is 15.0 Å². The second-order valence-electron chi connectivity index (χ2n) is 14.4. The van der Waals surface area contributed by atoms with Gasteiger partial charge in [-0.25, -0.2) is 0 Å². The fourth-order valence-corrected chi connectivity index (χ4v) is 6.43. The number of hydrogen-bond acceptors (Lipinski definition) is 3. The van der Waals surface area contributed by atoms with Crippen LogP contribution in [-0.4, -0.2) is 34.9 Å². The van der Waals surface area contributed by atoms with Crippen LogP contribution in [-0.2, 0) is 4.79 Å². The van der Waals surface area contributed by atoms with Gasteiger partial charge >= 0.3 is 0 Å². The second kappa shape index (κ2) is 39.3. The van der Waals surface area contributed by atoms with Crippen molar-refractivity contribution in [3.8, 4) is 0 Å². The van der Waals surface area contributed by atoms with Gasteiger partial charge in [-0.3, -0.25) is 4.79 Å². The van der Waals surface area contributed by atoms with Gasteiger partial charge in [-0.2, -0.15) is 0 Å². The molecule has 2 unspecified atom stereocenters. The Morgan fingerprint density at radius 1 is 0.489 bits per heavy atom. The molecular weight excluding hydrogens is 578 g/mol. The number of aliphatic hydroxyl groups is 2. The molecule has 0 radical (unpaired) electrons. The summed E-state index contributed by atoms with van der Waals surface area (Å²) in [6.07, 6.45) is 49.9. The Hall–Kier alpha value is -1.13. The van der Waals surface area contributed by atoms with Crippen molar-refractivity contribution in [1.29, 1.82) is 0 Å². The van der Waals surface area contributed by atoms with Gasteiger partial charge in [0.15, 0.2) is 0 Å². The molecular formula is C43H83NO3. The van der Waals surface area contributed by atoms with E-state index in [0.29, 0.717) is 6.42 Å². The van der Waals surface area contributed by atoms with E-state index in [1.807, 2.05) is 6.08 Å². The highest BCUT2D eigenvalue weighted by molar-refractivity contribution is 5.76. The van der Waals surface area contributed by atoms with E-state index in [2.05, 4.69) is 31.3 Å². The Morgan fingerprint density at radius 3 is 1.23 bits per heavy atom. The zero-order chi connectivity index (χ0) is 34.3. The number of rotatable bonds is 38. The van der Waals surface area contributed by atoms with Crippen LogP contribution in [0.2, 0.25) is 0 Å². The van der Waals surface area contributed by atoms with Gasteiger partial charge in [-0.05, 0) is 32.1 Å². The van der Waals surface area contributed by atoms with E-state index in [1.54, 1.807) is 6.08 Å². The maximum absolute atomic E-state index is 12.4. The van der Waals surface area contributed by atoms with E-state index in [0.717, 1.165) is 32.1 Å². The fraction of sp³-hybridized carbons (Fsp3) is 0.884. The van der Waals surface area contributed by atoms with Gasteiger partial charge in [-0.1, -0.05) is 212 Å². The van der Waals surface area contributed by atoms with E-state index in [1.165, 1.54) is 173 Å². The Bertz CT molecular complexity index is 676. The first kappa shape index (κ1) is 45.9. The van der Waals surface area contributed by atoms with Crippen molar-refractivity contribution < 1.29 is 15.0 Å². The van der Waals surface area contributed by atoms with Crippen molar-refractivity contribution in [2.24, 2.45) is 0 Å². The van der Waals surface area contributed by atoms with Crippen LogP contribution in [0.15, 0.2) is 24.3 Å². The molecule has 4 nitrogen and oxygen atoms in total. The Kier molecular flexibility index (Phi) is 38.4. The first-order chi connectivity index (χ1) is 23.2. The number of amides is 1. The zero-order valence-corrected chi connectivity index (χ0v) is 31.8. The average molecular weight is 662 g/mol. The van der Waals surface area contributed by atoms with Crippen LogP contribution in [0.25, 0.3) is 0 Å². The van der Waals surface area contributed by atoms with Crippen LogP contribution in [0.3, 0.4) is 0 Å². The summed E-state index contributed by atoms with van der Waals surface area (Å²) in [5.41, 5.74) is 0. The van der Waals surface area contributed by atoms with Crippen LogP contribution in [0.4, 0.5) is 0 Å². The molecule has 0 rings (SSSR count). The summed E-state index contributed by atoms with van der Waals surface area (Å²) in [6.45, 7) is 4.30. The van der Waals surface area contributed by atoms with Gasteiger partial charge in [0.1, 0.15) is 0 Å². The second-order valence-corrected chi connectivity index (χ2v) is 14.4. The summed E-state index contributed by atoms with van der Waals surface area (Å²) >= 11 is 0. The molecule has 0 saturated heterocycles. The number of carbonyl (C=O) groups excluding carboxylic acids is 1. The third-order valence-electron chi connectivity index (χ3n) is 9.69. The molecule has 0 aliphatic heterocycles. The van der Waals surface area contributed by atoms with Gasteiger partial charge in [0, 0.05) is 6.42 Å². The Balaban J connectivity index is 3.58. The van der Waals surface area contributed by atoms with E-state index in [-0.39, 0.29) is 12.5 Å². The summed E-state index contributed by atoms with van der Waals surface area (Å²) in [5.74, 6) is -0.0709. The van der Waals surface area contributed by atoms with E-state index >= 15 is 0 Å². The number of unbranched alkanes of at least 4 members (excludes halogenated alkanes) is 29. The van der Waals surface area contributed by atoms with Crippen molar-refractivity contribution in [1.82, 2.24) is 5.32 Å². The molecule has 2 atom stereocenters. The van der Waals surface area contributed by atoms with Crippen molar-refractivity contribution in [2.75, 3.05) is 6.61 Å². The van der Waals surface area contributed by atoms with Crippen LogP contribution in [0, 0.1) is 0 Å². The lowest BCUT2D eigenvalue weighted by molar-refractivity contribution is -0.123. The number of carbonyl (C=O) groups is 1. The molecule has 0 heterocycles. The summed E-state index contributed by atoms with van der Waals surface area (Å²) in [7, 11) is 0. The monoisotopic (exact) mass is 662 g/mol. The van der Waals surface area contributed by atoms with Gasteiger partial charge in [0.2, 0.25) is 5.91 Å². The van der Waals surface area contributed by atoms with Crippen LogP contribution >= 0.6 is 0 Å². The number of nitrogens with one attached hydrogen (secondary N) is 1. The van der Waals surface area contributed by atoms with E-state index < -0.39 is 12.1 Å². The quantitative estimate of drug-likeness (QED) is 0.0455. The molecule has 47 heavy (non-hydrogen) atoms. The lowest BCUT2D eigenvalue weighted by atomic mass is 10.0. The maximum Gasteiger partial charge on any atom is 0.220 e. The van der Waals surface area contributed by atoms with Gasteiger partial charge in [-0.15, -0.1) is 0 Å². The minimum absolute atomic E-state index is 0.0709. The van der Waals surface area contributed by atoms with Crippen LogP contribution in [0.1, 0.15) is 226 Å². The molecule has 0 spiro atoms. The molecule has 0 bridgehead atoms. The molecule has 0 fully saturated rings. The molecule has 1 amide bonds. The largest absolute Gasteiger partial charge is 0.394 e. The highest BCUT2D eigenvalue weighted by atomic mass is 16.3. The molecule has 278 valence electrons. The molecule has 0 aromatic carbocycles. The lowest BCUT2D eigenvalue weighted by Crippen LogP contribution is -2.45. The topological polar surface area (TPSA) is 69.6 Å². The normalized spacial score (nSPS) is 13.2. The summed E-state index contributed by atoms with van der Waals surface area (Å²) in [4.78, 5) is 12.4. The third kappa shape index (κ3) is 36.0. The summed E-state index contributed by atoms with van der Waals surface area (Å²) in [5, 5.41) is 22.9. The zero-order valence-electron chi connectivity index (χ0n) is 31.8. The molecule has 0 saturated carbocycles. The Morgan fingerprint density at radius 2 is 0.830 bits per heavy atom. The average Bonchev–Trinajstić information content (AvgIpc) is 3.07. The van der Waals surface area contributed by atoms with Crippen LogP contribution < -0.4 is 5.32 Å². The smallest absolute Gasteiger partial charge is 0.220 e. The summed E-state index contributed by atoms with van der Waals surface area (Å²) < 4.78 is 0. The van der Waals surface area contributed by atoms with Crippen molar-refractivity contribution >= 4 is 5.91 Å². The highest BCUT2D eigenvalue weighted by Gasteiger charge is 2.17. The van der Waals surface area contributed by atoms with Gasteiger partial charge < -0.3 is 15.5 Å². The minimum atomic E-state index is -0.857. The lowest BCUT2D eigenvalue weighted by Gasteiger charge is -2.19. The molecule has 4 heteroatoms. The maximum atomic E-state index is 12.4.